The number of nitrogens with zero attached hydrogens (tertiary/aromatic N) is 6. The maximum absolute atomic E-state index is 13.3. The Morgan fingerprint density at radius 1 is 0.473 bits per heavy atom. The van der Waals surface area contributed by atoms with Crippen LogP contribution in [0.1, 0.15) is 121 Å². The highest BCUT2D eigenvalue weighted by Gasteiger charge is 2.44. The molecule has 0 aromatic carbocycles. The summed E-state index contributed by atoms with van der Waals surface area (Å²) in [5.74, 6) is -0.489. The molecule has 16 bridgehead atoms. The number of aliphatic hydroxyl groups excluding tert-OH is 4. The smallest absolute Gasteiger partial charge is 0.305 e. The van der Waals surface area contributed by atoms with Crippen LogP contribution < -0.4 is 10.6 Å². The van der Waals surface area contributed by atoms with Crippen molar-refractivity contribution in [3.63, 3.8) is 0 Å². The quantitative estimate of drug-likeness (QED) is 0.0436. The molecule has 476 valence electrons. The summed E-state index contributed by atoms with van der Waals surface area (Å²) in [5, 5.41) is 51.5. The molecule has 0 unspecified atom stereocenters. The van der Waals surface area contributed by atoms with Gasteiger partial charge in [-0.3, -0.25) is 9.59 Å². The second kappa shape index (κ2) is 26.2. The van der Waals surface area contributed by atoms with E-state index in [1.165, 1.54) is 0 Å². The molecular formula is C72H82N8O11. The summed E-state index contributed by atoms with van der Waals surface area (Å²) in [4.78, 5) is 57.1. The van der Waals surface area contributed by atoms with Crippen LogP contribution in [0.15, 0.2) is 213 Å². The fourth-order valence-corrected chi connectivity index (χ4v) is 14.4. The van der Waals surface area contributed by atoms with E-state index in [1.807, 2.05) is 64.2 Å². The number of ether oxygens (including phenoxy) is 5. The summed E-state index contributed by atoms with van der Waals surface area (Å²) < 4.78 is 28.4. The molecule has 2 fully saturated rings. The predicted molar refractivity (Wildman–Crippen MR) is 351 cm³/mol. The average Bonchev–Trinajstić information content (AvgIpc) is 1.60. The third kappa shape index (κ3) is 11.8. The van der Waals surface area contributed by atoms with Gasteiger partial charge < -0.3 is 54.7 Å². The standard InChI is InChI=1S/C72H82N8O11/c1-11-43-35(3)53-29-61-49(33-81)39(7)51(75-61)27-55-37(5)45(69(77-55)47-25-63(83)67-41(9)57(79-71(47)67)31-59(43)73-53)13-15-65(85)90-23-21-88-19-17-87-18-20-89-22-24-91-66(86)16-14-46-38(6)56-28-52-40(8)50(34-82)62(76-52)30-54-36(4)44(12-2)60(74-54)32-58-42(10)68-64(84)26-48(70(46)78-56)72(68)80-58/h27-32,37-38,45-46,77-78,81-84H,11-26,33-34H2,1-10H3/t37-,38-,45-,46-/m0/s1. The number of fused-ring (bicyclic) bond motifs is 10. The van der Waals surface area contributed by atoms with Crippen LogP contribution >= 0.6 is 0 Å². The van der Waals surface area contributed by atoms with Gasteiger partial charge in [0.25, 0.3) is 0 Å². The molecule has 0 saturated carbocycles. The second-order valence-electron chi connectivity index (χ2n) is 24.9. The van der Waals surface area contributed by atoms with Gasteiger partial charge in [-0.2, -0.15) is 0 Å². The van der Waals surface area contributed by atoms with Crippen molar-refractivity contribution in [3.8, 4) is 0 Å². The van der Waals surface area contributed by atoms with Gasteiger partial charge in [0.2, 0.25) is 0 Å². The van der Waals surface area contributed by atoms with Crippen molar-refractivity contribution >= 4 is 46.2 Å². The zero-order valence-corrected chi connectivity index (χ0v) is 53.8. The number of aliphatic hydroxyl groups is 4. The van der Waals surface area contributed by atoms with E-state index in [0.29, 0.717) is 63.5 Å². The Balaban J connectivity index is 0.590. The van der Waals surface area contributed by atoms with E-state index in [0.717, 1.165) is 171 Å². The molecule has 91 heavy (non-hydrogen) atoms. The third-order valence-electron chi connectivity index (χ3n) is 19.7. The molecule has 12 rings (SSSR count). The van der Waals surface area contributed by atoms with Crippen LogP contribution in [0.5, 0.6) is 0 Å². The lowest BCUT2D eigenvalue weighted by molar-refractivity contribution is -0.146. The van der Waals surface area contributed by atoms with Gasteiger partial charge in [0.1, 0.15) is 24.7 Å². The molecule has 2 saturated heterocycles. The van der Waals surface area contributed by atoms with Gasteiger partial charge in [-0.25, -0.2) is 30.0 Å². The van der Waals surface area contributed by atoms with E-state index in [-0.39, 0.29) is 99.6 Å². The fourth-order valence-electron chi connectivity index (χ4n) is 14.4. The number of carbonyl (C=O) groups excluding carboxylic acids is 2. The molecule has 10 aliphatic heterocycles. The summed E-state index contributed by atoms with van der Waals surface area (Å²) in [6.45, 7) is 22.0. The van der Waals surface area contributed by atoms with Gasteiger partial charge in [0.15, 0.2) is 0 Å². The Morgan fingerprint density at radius 2 is 0.813 bits per heavy atom. The Kier molecular flexibility index (Phi) is 18.1. The van der Waals surface area contributed by atoms with E-state index in [2.05, 4.69) is 52.2 Å². The van der Waals surface area contributed by atoms with Crippen LogP contribution in [-0.4, -0.2) is 133 Å². The van der Waals surface area contributed by atoms with Crippen molar-refractivity contribution in [3.05, 3.63) is 183 Å². The summed E-state index contributed by atoms with van der Waals surface area (Å²) in [7, 11) is 0. The zero-order chi connectivity index (χ0) is 64.1. The summed E-state index contributed by atoms with van der Waals surface area (Å²) in [6, 6.07) is 0. The van der Waals surface area contributed by atoms with Crippen molar-refractivity contribution in [2.45, 2.75) is 121 Å². The van der Waals surface area contributed by atoms with Crippen molar-refractivity contribution < 1.29 is 53.7 Å². The van der Waals surface area contributed by atoms with Crippen LogP contribution in [-0.2, 0) is 33.3 Å². The van der Waals surface area contributed by atoms with E-state index in [4.69, 9.17) is 53.6 Å². The van der Waals surface area contributed by atoms with Crippen molar-refractivity contribution in [2.75, 3.05) is 66.1 Å². The first kappa shape index (κ1) is 63.0. The minimum atomic E-state index is -0.339. The molecule has 0 amide bonds. The number of rotatable bonds is 22. The Labute approximate surface area is 531 Å². The number of esters is 2. The highest BCUT2D eigenvalue weighted by atomic mass is 16.6. The maximum atomic E-state index is 13.3. The Morgan fingerprint density at radius 3 is 1.18 bits per heavy atom. The molecular weight excluding hydrogens is 1150 g/mol. The van der Waals surface area contributed by atoms with Crippen LogP contribution in [0.4, 0.5) is 0 Å². The predicted octanol–water partition coefficient (Wildman–Crippen LogP) is 11.0. The van der Waals surface area contributed by atoms with Crippen LogP contribution in [0, 0.1) is 23.7 Å². The molecule has 10 heterocycles. The van der Waals surface area contributed by atoms with E-state index in [1.54, 1.807) is 0 Å². The highest BCUT2D eigenvalue weighted by molar-refractivity contribution is 6.22. The van der Waals surface area contributed by atoms with Crippen LogP contribution in [0.25, 0.3) is 0 Å². The normalized spacial score (nSPS) is 24.0. The molecule has 12 aliphatic rings. The monoisotopic (exact) mass is 1230 g/mol. The minimum absolute atomic E-state index is 0.0518. The minimum Gasteiger partial charge on any atom is -0.511 e. The largest absolute Gasteiger partial charge is 0.511 e. The Bertz CT molecular complexity index is 3750. The van der Waals surface area contributed by atoms with E-state index < -0.39 is 0 Å². The molecule has 0 aromatic heterocycles. The number of hydrogen-bond acceptors (Lipinski definition) is 19. The van der Waals surface area contributed by atoms with Gasteiger partial charge in [-0.15, -0.1) is 0 Å². The fraction of sp³-hybridized carbons (Fsp3) is 0.444. The lowest BCUT2D eigenvalue weighted by Crippen LogP contribution is -2.18. The van der Waals surface area contributed by atoms with Crippen LogP contribution in [0.3, 0.4) is 0 Å². The number of hydrogen-bond donors (Lipinski definition) is 6. The number of carbonyl (C=O) groups is 2. The number of aliphatic imine (C=N–C) groups is 6. The van der Waals surface area contributed by atoms with Gasteiger partial charge in [-0.05, 0) is 148 Å². The lowest BCUT2D eigenvalue weighted by atomic mass is 9.86. The summed E-state index contributed by atoms with van der Waals surface area (Å²) in [5.41, 5.74) is 25.4. The molecule has 0 spiro atoms. The van der Waals surface area contributed by atoms with Crippen molar-refractivity contribution in [1.29, 1.82) is 0 Å². The molecule has 2 aliphatic carbocycles. The highest BCUT2D eigenvalue weighted by Crippen LogP contribution is 2.49. The molecule has 6 N–H and O–H groups in total. The average molecular weight is 1240 g/mol. The van der Waals surface area contributed by atoms with Gasteiger partial charge >= 0.3 is 11.9 Å². The molecule has 19 heteroatoms. The van der Waals surface area contributed by atoms with Gasteiger partial charge in [-0.1, -0.05) is 27.7 Å². The molecule has 0 radical (unpaired) electrons. The molecule has 4 atom stereocenters. The Hall–Kier alpha value is -8.20. The number of nitrogens with one attached hydrogen (secondary N) is 2. The topological polar surface area (TPSA) is 259 Å². The van der Waals surface area contributed by atoms with E-state index in [9.17, 15) is 30.0 Å². The zero-order valence-electron chi connectivity index (χ0n) is 53.8. The summed E-state index contributed by atoms with van der Waals surface area (Å²) in [6.07, 6.45) is 15.5. The first-order valence-electron chi connectivity index (χ1n) is 32.1. The first-order valence-corrected chi connectivity index (χ1v) is 32.1. The molecule has 0 aromatic rings. The second-order valence-corrected chi connectivity index (χ2v) is 24.9. The van der Waals surface area contributed by atoms with Gasteiger partial charge in [0, 0.05) is 106 Å². The number of allylic oxidation sites excluding steroid dienone is 22. The van der Waals surface area contributed by atoms with Crippen LogP contribution in [0.2, 0.25) is 0 Å². The maximum Gasteiger partial charge on any atom is 0.305 e. The SMILES string of the molecule is CCC1=C(C)C2=NC1=CC1=C(C)C3=C(O)CC(=C4NC(=CC5=NC(=C2)C(CO)=C5C)[C@@H](C)[C@@H]4CCC(=O)OCCOCCOCCOCCOC(=O)CC[C@@H]2C4=C5CC(O)=C6C5=NC(=C6C)C=C5N=C(C=C6N=C(C=C(N4)[C@H]2C)C(C)=C6CO)C(C)=C5CC)C3=N1. The molecule has 19 nitrogen and oxygen atoms in total. The van der Waals surface area contributed by atoms with Crippen molar-refractivity contribution in [1.82, 2.24) is 10.6 Å². The van der Waals surface area contributed by atoms with E-state index >= 15 is 0 Å². The van der Waals surface area contributed by atoms with Crippen molar-refractivity contribution in [2.24, 2.45) is 53.6 Å². The van der Waals surface area contributed by atoms with Gasteiger partial charge in [0.05, 0.1) is 121 Å². The summed E-state index contributed by atoms with van der Waals surface area (Å²) >= 11 is 0. The first-order chi connectivity index (χ1) is 43.9. The lowest BCUT2D eigenvalue weighted by Gasteiger charge is -2.17. The third-order valence-corrected chi connectivity index (χ3v) is 19.7.